The van der Waals surface area contributed by atoms with Gasteiger partial charge in [0.15, 0.2) is 0 Å². The molecule has 0 spiro atoms. The Hall–Kier alpha value is -1.75. The normalized spacial score (nSPS) is 11.8. The van der Waals surface area contributed by atoms with Crippen LogP contribution in [0.25, 0.3) is 0 Å². The van der Waals surface area contributed by atoms with Crippen LogP contribution in [0, 0.1) is 0 Å². The van der Waals surface area contributed by atoms with Crippen LogP contribution in [0.2, 0.25) is 0 Å². The molecule has 0 aliphatic heterocycles. The van der Waals surface area contributed by atoms with Crippen molar-refractivity contribution in [3.8, 4) is 5.75 Å². The van der Waals surface area contributed by atoms with Crippen LogP contribution in [-0.4, -0.2) is 43.2 Å². The SMILES string of the molecule is CN(C)CCOc1ccc(CC(N)=NO)cc1. The van der Waals surface area contributed by atoms with Gasteiger partial charge in [0.25, 0.3) is 0 Å². The fourth-order valence-electron chi connectivity index (χ4n) is 1.29. The zero-order valence-electron chi connectivity index (χ0n) is 10.3. The van der Waals surface area contributed by atoms with Crippen molar-refractivity contribution in [3.63, 3.8) is 0 Å². The highest BCUT2D eigenvalue weighted by molar-refractivity contribution is 5.81. The number of nitrogens with two attached hydrogens (primary N) is 1. The Kier molecular flexibility index (Phi) is 5.29. The van der Waals surface area contributed by atoms with Gasteiger partial charge in [0.1, 0.15) is 18.2 Å². The summed E-state index contributed by atoms with van der Waals surface area (Å²) < 4.78 is 5.55. The zero-order chi connectivity index (χ0) is 12.7. The van der Waals surface area contributed by atoms with E-state index in [1.54, 1.807) is 0 Å². The third-order valence-corrected chi connectivity index (χ3v) is 2.24. The number of likely N-dealkylation sites (N-methyl/N-ethyl adjacent to an activating group) is 1. The first-order valence-corrected chi connectivity index (χ1v) is 5.44. The van der Waals surface area contributed by atoms with Gasteiger partial charge in [-0.25, -0.2) is 0 Å². The van der Waals surface area contributed by atoms with E-state index in [0.717, 1.165) is 17.9 Å². The van der Waals surface area contributed by atoms with Crippen molar-refractivity contribution in [3.05, 3.63) is 29.8 Å². The molecule has 3 N–H and O–H groups in total. The average Bonchev–Trinajstić information content (AvgIpc) is 2.31. The maximum absolute atomic E-state index is 8.45. The Morgan fingerprint density at radius 3 is 2.53 bits per heavy atom. The van der Waals surface area contributed by atoms with Crippen molar-refractivity contribution >= 4 is 5.84 Å². The summed E-state index contributed by atoms with van der Waals surface area (Å²) in [5.74, 6) is 1.03. The molecule has 1 aromatic carbocycles. The van der Waals surface area contributed by atoms with Crippen molar-refractivity contribution in [2.45, 2.75) is 6.42 Å². The van der Waals surface area contributed by atoms with Gasteiger partial charge in [-0.15, -0.1) is 0 Å². The van der Waals surface area contributed by atoms with Gasteiger partial charge in [-0.1, -0.05) is 17.3 Å². The van der Waals surface area contributed by atoms with Crippen LogP contribution in [0.4, 0.5) is 0 Å². The van der Waals surface area contributed by atoms with Crippen molar-refractivity contribution in [1.82, 2.24) is 4.90 Å². The summed E-state index contributed by atoms with van der Waals surface area (Å²) in [6, 6.07) is 7.58. The fraction of sp³-hybridized carbons (Fsp3) is 0.417. The molecule has 1 rings (SSSR count). The van der Waals surface area contributed by atoms with Crippen LogP contribution in [0.5, 0.6) is 5.75 Å². The van der Waals surface area contributed by atoms with E-state index in [-0.39, 0.29) is 5.84 Å². The number of nitrogens with zero attached hydrogens (tertiary/aromatic N) is 2. The Balaban J connectivity index is 2.45. The Morgan fingerprint density at radius 1 is 1.35 bits per heavy atom. The average molecular weight is 237 g/mol. The summed E-state index contributed by atoms with van der Waals surface area (Å²) >= 11 is 0. The summed E-state index contributed by atoms with van der Waals surface area (Å²) in [4.78, 5) is 2.06. The van der Waals surface area contributed by atoms with E-state index in [1.165, 1.54) is 0 Å². The van der Waals surface area contributed by atoms with Gasteiger partial charge >= 0.3 is 0 Å². The molecule has 0 aromatic heterocycles. The van der Waals surface area contributed by atoms with Gasteiger partial charge in [-0.2, -0.15) is 0 Å². The Bertz CT molecular complexity index is 361. The molecule has 94 valence electrons. The predicted molar refractivity (Wildman–Crippen MR) is 67.6 cm³/mol. The number of amidine groups is 1. The maximum Gasteiger partial charge on any atom is 0.143 e. The summed E-state index contributed by atoms with van der Waals surface area (Å²) in [6.45, 7) is 1.54. The van der Waals surface area contributed by atoms with E-state index < -0.39 is 0 Å². The van der Waals surface area contributed by atoms with Crippen molar-refractivity contribution in [2.75, 3.05) is 27.2 Å². The van der Waals surface area contributed by atoms with Gasteiger partial charge in [-0.05, 0) is 31.8 Å². The lowest BCUT2D eigenvalue weighted by Gasteiger charge is -2.11. The molecule has 0 bridgehead atoms. The van der Waals surface area contributed by atoms with Crippen molar-refractivity contribution < 1.29 is 9.94 Å². The van der Waals surface area contributed by atoms with Crippen LogP contribution >= 0.6 is 0 Å². The molecular weight excluding hydrogens is 218 g/mol. The quantitative estimate of drug-likeness (QED) is 0.334. The molecule has 0 aliphatic rings. The molecule has 0 atom stereocenters. The number of ether oxygens (including phenoxy) is 1. The topological polar surface area (TPSA) is 71.1 Å². The minimum atomic E-state index is 0.200. The first kappa shape index (κ1) is 13.3. The van der Waals surface area contributed by atoms with Gasteiger partial charge in [0, 0.05) is 13.0 Å². The number of benzene rings is 1. The largest absolute Gasteiger partial charge is 0.492 e. The van der Waals surface area contributed by atoms with Gasteiger partial charge in [-0.3, -0.25) is 0 Å². The molecule has 0 amide bonds. The summed E-state index contributed by atoms with van der Waals surface area (Å²) in [6.07, 6.45) is 0.439. The number of oxime groups is 1. The number of hydrogen-bond donors (Lipinski definition) is 2. The van der Waals surface area contributed by atoms with Crippen LogP contribution in [0.1, 0.15) is 5.56 Å². The first-order valence-electron chi connectivity index (χ1n) is 5.44. The molecule has 5 heteroatoms. The minimum Gasteiger partial charge on any atom is -0.492 e. The smallest absolute Gasteiger partial charge is 0.143 e. The molecule has 17 heavy (non-hydrogen) atoms. The lowest BCUT2D eigenvalue weighted by Crippen LogP contribution is -2.19. The van der Waals surface area contributed by atoms with Gasteiger partial charge < -0.3 is 20.6 Å². The predicted octanol–water partition coefficient (Wildman–Crippen LogP) is 0.916. The Morgan fingerprint density at radius 2 is 2.00 bits per heavy atom. The minimum absolute atomic E-state index is 0.200. The molecular formula is C12H19N3O2. The lowest BCUT2D eigenvalue weighted by molar-refractivity contribution is 0.261. The summed E-state index contributed by atoms with van der Waals surface area (Å²) in [5, 5.41) is 11.4. The standard InChI is InChI=1S/C12H19N3O2/c1-15(2)7-8-17-11-5-3-10(4-6-11)9-12(13)14-16/h3-6,16H,7-9H2,1-2H3,(H2,13,14). The van der Waals surface area contributed by atoms with Gasteiger partial charge in [0.05, 0.1) is 0 Å². The van der Waals surface area contributed by atoms with Crippen molar-refractivity contribution in [2.24, 2.45) is 10.9 Å². The molecule has 1 aromatic rings. The monoisotopic (exact) mass is 237 g/mol. The highest BCUT2D eigenvalue weighted by Gasteiger charge is 1.99. The molecule has 0 saturated carbocycles. The van der Waals surface area contributed by atoms with E-state index in [2.05, 4.69) is 10.1 Å². The highest BCUT2D eigenvalue weighted by Crippen LogP contribution is 2.12. The van der Waals surface area contributed by atoms with E-state index in [9.17, 15) is 0 Å². The van der Waals surface area contributed by atoms with E-state index >= 15 is 0 Å². The second-order valence-electron chi connectivity index (χ2n) is 4.06. The summed E-state index contributed by atoms with van der Waals surface area (Å²) in [5.41, 5.74) is 6.41. The second kappa shape index (κ2) is 6.75. The van der Waals surface area contributed by atoms with E-state index in [1.807, 2.05) is 38.4 Å². The van der Waals surface area contributed by atoms with Crippen LogP contribution in [-0.2, 0) is 6.42 Å². The highest BCUT2D eigenvalue weighted by atomic mass is 16.5. The van der Waals surface area contributed by atoms with Crippen LogP contribution in [0.3, 0.4) is 0 Å². The molecule has 0 radical (unpaired) electrons. The third kappa shape index (κ3) is 5.21. The molecule has 0 fully saturated rings. The third-order valence-electron chi connectivity index (χ3n) is 2.24. The molecule has 0 unspecified atom stereocenters. The maximum atomic E-state index is 8.45. The lowest BCUT2D eigenvalue weighted by atomic mass is 10.1. The van der Waals surface area contributed by atoms with Crippen molar-refractivity contribution in [1.29, 1.82) is 0 Å². The second-order valence-corrected chi connectivity index (χ2v) is 4.06. The number of hydrogen-bond acceptors (Lipinski definition) is 4. The van der Waals surface area contributed by atoms with E-state index in [4.69, 9.17) is 15.7 Å². The molecule has 0 saturated heterocycles. The van der Waals surface area contributed by atoms with Gasteiger partial charge in [0.2, 0.25) is 0 Å². The molecule has 0 heterocycles. The molecule has 5 nitrogen and oxygen atoms in total. The van der Waals surface area contributed by atoms with Crippen LogP contribution in [0.15, 0.2) is 29.4 Å². The fourth-order valence-corrected chi connectivity index (χ4v) is 1.29. The zero-order valence-corrected chi connectivity index (χ0v) is 10.3. The summed E-state index contributed by atoms with van der Waals surface area (Å²) in [7, 11) is 4.01. The number of rotatable bonds is 6. The van der Waals surface area contributed by atoms with E-state index in [0.29, 0.717) is 13.0 Å². The Labute approximate surface area is 101 Å². The first-order chi connectivity index (χ1) is 8.11. The van der Waals surface area contributed by atoms with Crippen LogP contribution < -0.4 is 10.5 Å². The molecule has 0 aliphatic carbocycles.